The van der Waals surface area contributed by atoms with E-state index < -0.39 is 11.9 Å². The zero-order chi connectivity index (χ0) is 30.9. The van der Waals surface area contributed by atoms with Crippen molar-refractivity contribution >= 4 is 35.4 Å². The quantitative estimate of drug-likeness (QED) is 0.0560. The van der Waals surface area contributed by atoms with Gasteiger partial charge in [0.15, 0.2) is 0 Å². The Balaban J connectivity index is 1.26. The highest BCUT2D eigenvalue weighted by Crippen LogP contribution is 2.16. The van der Waals surface area contributed by atoms with Crippen molar-refractivity contribution in [1.82, 2.24) is 0 Å². The third kappa shape index (κ3) is 12.4. The van der Waals surface area contributed by atoms with Crippen LogP contribution in [0.25, 0.3) is 6.08 Å². The number of aryl methyl sites for hydroxylation is 1. The molecule has 3 rings (SSSR count). The van der Waals surface area contributed by atoms with E-state index >= 15 is 0 Å². The normalized spacial score (nSPS) is 10.9. The Morgan fingerprint density at radius 3 is 1.86 bits per heavy atom. The van der Waals surface area contributed by atoms with E-state index in [0.29, 0.717) is 41.5 Å². The van der Waals surface area contributed by atoms with Crippen molar-refractivity contribution in [2.45, 2.75) is 64.7 Å². The molecule has 3 aromatic carbocycles. The van der Waals surface area contributed by atoms with Crippen LogP contribution >= 0.6 is 0 Å². The minimum Gasteiger partial charge on any atom is -0.462 e. The Morgan fingerprint density at radius 1 is 0.674 bits per heavy atom. The van der Waals surface area contributed by atoms with E-state index in [9.17, 15) is 14.4 Å². The fourth-order valence-corrected chi connectivity index (χ4v) is 4.37. The first kappa shape index (κ1) is 32.9. The van der Waals surface area contributed by atoms with Crippen molar-refractivity contribution in [3.8, 4) is 5.75 Å². The molecule has 0 aliphatic carbocycles. The molecule has 0 aliphatic rings. The summed E-state index contributed by atoms with van der Waals surface area (Å²) in [4.78, 5) is 36.6. The highest BCUT2D eigenvalue weighted by molar-refractivity contribution is 5.92. The zero-order valence-electron chi connectivity index (χ0n) is 24.9. The van der Waals surface area contributed by atoms with E-state index in [0.717, 1.165) is 50.5 Å². The molecular formula is C35H42N2O6. The van der Waals surface area contributed by atoms with Gasteiger partial charge in [-0.3, -0.25) is 0 Å². The molecule has 0 amide bonds. The largest absolute Gasteiger partial charge is 0.462 e. The van der Waals surface area contributed by atoms with Gasteiger partial charge in [0, 0.05) is 17.5 Å². The highest BCUT2D eigenvalue weighted by Gasteiger charge is 2.09. The topological polar surface area (TPSA) is 131 Å². The maximum absolute atomic E-state index is 12.3. The molecule has 0 aromatic heterocycles. The van der Waals surface area contributed by atoms with Gasteiger partial charge in [-0.25, -0.2) is 14.4 Å². The van der Waals surface area contributed by atoms with Crippen molar-refractivity contribution in [2.24, 2.45) is 0 Å². The molecule has 0 radical (unpaired) electrons. The number of benzene rings is 3. The summed E-state index contributed by atoms with van der Waals surface area (Å²) in [6.45, 7) is 2.83. The smallest absolute Gasteiger partial charge is 0.338 e. The SMILES string of the molecule is CCCCCc1ccc(OC(=O)C=Cc2ccc(C(=O)OCCCCCCCOC(=O)c3cc(N)cc(N)c3)cc2)cc1. The fourth-order valence-electron chi connectivity index (χ4n) is 4.37. The minimum atomic E-state index is -0.466. The van der Waals surface area contributed by atoms with Crippen molar-refractivity contribution in [2.75, 3.05) is 24.7 Å². The van der Waals surface area contributed by atoms with Crippen molar-refractivity contribution in [3.63, 3.8) is 0 Å². The lowest BCUT2D eigenvalue weighted by Crippen LogP contribution is -2.08. The lowest BCUT2D eigenvalue weighted by Gasteiger charge is -2.07. The van der Waals surface area contributed by atoms with Gasteiger partial charge in [-0.2, -0.15) is 0 Å². The Kier molecular flexibility index (Phi) is 13.8. The van der Waals surface area contributed by atoms with E-state index in [1.54, 1.807) is 48.5 Å². The van der Waals surface area contributed by atoms with Gasteiger partial charge in [0.1, 0.15) is 5.75 Å². The van der Waals surface area contributed by atoms with Gasteiger partial charge in [-0.05, 0) is 85.4 Å². The first-order valence-electron chi connectivity index (χ1n) is 14.9. The van der Waals surface area contributed by atoms with Gasteiger partial charge in [0.2, 0.25) is 0 Å². The van der Waals surface area contributed by atoms with Crippen molar-refractivity contribution in [3.05, 3.63) is 95.1 Å². The number of esters is 3. The summed E-state index contributed by atoms with van der Waals surface area (Å²) in [5.74, 6) is -0.783. The number of hydrogen-bond donors (Lipinski definition) is 2. The van der Waals surface area contributed by atoms with Crippen LogP contribution in [0, 0.1) is 0 Å². The molecular weight excluding hydrogens is 544 g/mol. The van der Waals surface area contributed by atoms with E-state index in [1.165, 1.54) is 24.5 Å². The number of carbonyl (C=O) groups excluding carboxylic acids is 3. The molecule has 3 aromatic rings. The lowest BCUT2D eigenvalue weighted by atomic mass is 10.1. The molecule has 228 valence electrons. The highest BCUT2D eigenvalue weighted by atomic mass is 16.5. The van der Waals surface area contributed by atoms with Crippen LogP contribution < -0.4 is 16.2 Å². The number of nitrogens with two attached hydrogens (primary N) is 2. The molecule has 0 aliphatic heterocycles. The first-order valence-corrected chi connectivity index (χ1v) is 14.9. The lowest BCUT2D eigenvalue weighted by molar-refractivity contribution is -0.128. The summed E-state index contributed by atoms with van der Waals surface area (Å²) in [5.41, 5.74) is 15.1. The first-order chi connectivity index (χ1) is 20.8. The van der Waals surface area contributed by atoms with Crippen LogP contribution in [0.4, 0.5) is 11.4 Å². The Bertz CT molecular complexity index is 1330. The molecule has 4 N–H and O–H groups in total. The maximum atomic E-state index is 12.3. The molecule has 0 bridgehead atoms. The summed E-state index contributed by atoms with van der Waals surface area (Å²) in [5, 5.41) is 0. The van der Waals surface area contributed by atoms with E-state index in [4.69, 9.17) is 25.7 Å². The third-order valence-electron chi connectivity index (χ3n) is 6.74. The van der Waals surface area contributed by atoms with Gasteiger partial charge >= 0.3 is 17.9 Å². The standard InChI is InChI=1S/C35H42N2O6/c1-2-3-7-10-26-13-18-32(19-14-26)43-33(38)20-15-27-11-16-28(17-12-27)34(39)41-21-8-5-4-6-9-22-42-35(40)29-23-30(36)25-31(37)24-29/h11-20,23-25H,2-10,21-22,36-37H2,1H3. The monoisotopic (exact) mass is 586 g/mol. The Morgan fingerprint density at radius 2 is 1.26 bits per heavy atom. The van der Waals surface area contributed by atoms with Gasteiger partial charge < -0.3 is 25.7 Å². The van der Waals surface area contributed by atoms with E-state index in [-0.39, 0.29) is 5.97 Å². The van der Waals surface area contributed by atoms with Crippen LogP contribution in [-0.2, 0) is 20.7 Å². The summed E-state index contributed by atoms with van der Waals surface area (Å²) >= 11 is 0. The van der Waals surface area contributed by atoms with Crippen LogP contribution in [-0.4, -0.2) is 31.1 Å². The molecule has 0 unspecified atom stereocenters. The van der Waals surface area contributed by atoms with E-state index in [2.05, 4.69) is 6.92 Å². The molecule has 43 heavy (non-hydrogen) atoms. The second-order valence-corrected chi connectivity index (χ2v) is 10.4. The van der Waals surface area contributed by atoms with Crippen LogP contribution in [0.5, 0.6) is 5.75 Å². The molecule has 0 atom stereocenters. The molecule has 8 heteroatoms. The Labute approximate surface area is 254 Å². The molecule has 0 heterocycles. The number of anilines is 2. The average molecular weight is 587 g/mol. The Hall–Kier alpha value is -4.59. The number of unbranched alkanes of at least 4 members (excludes halogenated alkanes) is 6. The number of ether oxygens (including phenoxy) is 3. The predicted octanol–water partition coefficient (Wildman–Crippen LogP) is 7.17. The number of rotatable bonds is 17. The molecule has 0 spiro atoms. The van der Waals surface area contributed by atoms with Crippen LogP contribution in [0.2, 0.25) is 0 Å². The van der Waals surface area contributed by atoms with Crippen LogP contribution in [0.3, 0.4) is 0 Å². The van der Waals surface area contributed by atoms with Gasteiger partial charge in [-0.1, -0.05) is 63.3 Å². The summed E-state index contributed by atoms with van der Waals surface area (Å²) in [6.07, 6.45) is 11.8. The summed E-state index contributed by atoms with van der Waals surface area (Å²) in [7, 11) is 0. The second kappa shape index (κ2) is 18.1. The predicted molar refractivity (Wildman–Crippen MR) is 170 cm³/mol. The summed E-state index contributed by atoms with van der Waals surface area (Å²) < 4.78 is 16.0. The third-order valence-corrected chi connectivity index (χ3v) is 6.74. The number of carbonyl (C=O) groups is 3. The fraction of sp³-hybridized carbons (Fsp3) is 0.343. The number of nitrogen functional groups attached to an aromatic ring is 2. The maximum Gasteiger partial charge on any atom is 0.338 e. The van der Waals surface area contributed by atoms with Gasteiger partial charge in [0.25, 0.3) is 0 Å². The van der Waals surface area contributed by atoms with Crippen LogP contribution in [0.1, 0.15) is 90.1 Å². The average Bonchev–Trinajstić information content (AvgIpc) is 2.99. The van der Waals surface area contributed by atoms with E-state index in [1.807, 2.05) is 24.3 Å². The van der Waals surface area contributed by atoms with Crippen LogP contribution in [0.15, 0.2) is 72.8 Å². The molecule has 0 fully saturated rings. The van der Waals surface area contributed by atoms with Gasteiger partial charge in [0.05, 0.1) is 24.3 Å². The molecule has 0 saturated carbocycles. The second-order valence-electron chi connectivity index (χ2n) is 10.4. The zero-order valence-corrected chi connectivity index (χ0v) is 24.9. The van der Waals surface area contributed by atoms with Crippen molar-refractivity contribution in [1.29, 1.82) is 0 Å². The molecule has 8 nitrogen and oxygen atoms in total. The molecule has 0 saturated heterocycles. The summed E-state index contributed by atoms with van der Waals surface area (Å²) in [6, 6.07) is 19.1. The number of hydrogen-bond acceptors (Lipinski definition) is 8. The van der Waals surface area contributed by atoms with Gasteiger partial charge in [-0.15, -0.1) is 0 Å². The van der Waals surface area contributed by atoms with Crippen molar-refractivity contribution < 1.29 is 28.6 Å². The minimum absolute atomic E-state index is 0.321.